The van der Waals surface area contributed by atoms with Gasteiger partial charge in [-0.3, -0.25) is 0 Å². The Bertz CT molecular complexity index is 316. The number of aromatic nitrogens is 1. The molecule has 0 aliphatic rings. The fraction of sp³-hybridized carbons (Fsp3) is 0.143. The maximum Gasteiger partial charge on any atom is 0.359 e. The van der Waals surface area contributed by atoms with Crippen molar-refractivity contribution >= 4 is 28.6 Å². The highest BCUT2D eigenvalue weighted by Gasteiger charge is 2.15. The third-order valence-corrected chi connectivity index (χ3v) is 2.05. The van der Waals surface area contributed by atoms with Crippen LogP contribution in [0.5, 0.6) is 0 Å². The van der Waals surface area contributed by atoms with Crippen LogP contribution in [-0.2, 0) is 4.74 Å². The fourth-order valence-corrected chi connectivity index (χ4v) is 1.08. The van der Waals surface area contributed by atoms with Crippen molar-refractivity contribution in [1.29, 1.82) is 0 Å². The van der Waals surface area contributed by atoms with Crippen molar-refractivity contribution in [3.63, 3.8) is 0 Å². The van der Waals surface area contributed by atoms with E-state index >= 15 is 0 Å². The number of rotatable bonds is 1. The summed E-state index contributed by atoms with van der Waals surface area (Å²) >= 11 is 1.78. The lowest BCUT2D eigenvalue weighted by Gasteiger charge is -1.99. The Balaban J connectivity index is 3.16. The highest BCUT2D eigenvalue weighted by molar-refractivity contribution is 14.1. The molecule has 5 heteroatoms. The summed E-state index contributed by atoms with van der Waals surface area (Å²) in [4.78, 5) is 14.4. The van der Waals surface area contributed by atoms with Gasteiger partial charge in [0.1, 0.15) is 0 Å². The summed E-state index contributed by atoms with van der Waals surface area (Å²) in [5.41, 5.74) is -0.274. The summed E-state index contributed by atoms with van der Waals surface area (Å²) in [5, 5.41) is 0. The average molecular weight is 281 g/mol. The summed E-state index contributed by atoms with van der Waals surface area (Å²) in [5.74, 6) is -1.39. The monoisotopic (exact) mass is 281 g/mol. The highest BCUT2D eigenvalue weighted by atomic mass is 127. The van der Waals surface area contributed by atoms with Gasteiger partial charge in [-0.05, 0) is 28.7 Å². The molecular formula is C7H5FINO2. The zero-order valence-electron chi connectivity index (χ0n) is 6.17. The van der Waals surface area contributed by atoms with Gasteiger partial charge in [-0.15, -0.1) is 0 Å². The molecule has 0 unspecified atom stereocenters. The second-order valence-electron chi connectivity index (χ2n) is 1.95. The van der Waals surface area contributed by atoms with Gasteiger partial charge in [-0.25, -0.2) is 14.2 Å². The Labute approximate surface area is 82.1 Å². The van der Waals surface area contributed by atoms with Crippen LogP contribution in [0.15, 0.2) is 12.3 Å². The second-order valence-corrected chi connectivity index (χ2v) is 3.11. The molecule has 0 aromatic carbocycles. The number of nitrogens with zero attached hydrogens (tertiary/aromatic N) is 1. The summed E-state index contributed by atoms with van der Waals surface area (Å²) in [6, 6.07) is 1.47. The molecule has 0 saturated carbocycles. The van der Waals surface area contributed by atoms with Crippen molar-refractivity contribution in [2.75, 3.05) is 7.11 Å². The van der Waals surface area contributed by atoms with Crippen molar-refractivity contribution in [2.24, 2.45) is 0 Å². The highest BCUT2D eigenvalue weighted by Crippen LogP contribution is 2.12. The van der Waals surface area contributed by atoms with Gasteiger partial charge in [0, 0.05) is 6.20 Å². The molecule has 0 amide bonds. The van der Waals surface area contributed by atoms with E-state index in [9.17, 15) is 9.18 Å². The maximum atomic E-state index is 13.1. The van der Waals surface area contributed by atoms with Gasteiger partial charge in [0.15, 0.2) is 11.5 Å². The molecule has 0 N–H and O–H groups in total. The first-order chi connectivity index (χ1) is 5.66. The molecule has 0 bridgehead atoms. The lowest BCUT2D eigenvalue weighted by Crippen LogP contribution is -2.08. The molecule has 0 fully saturated rings. The largest absolute Gasteiger partial charge is 0.464 e. The summed E-state index contributed by atoms with van der Waals surface area (Å²) in [7, 11) is 1.18. The standard InChI is InChI=1S/C7H5FINO2/c1-12-7(11)6-5(8)4(9)2-3-10-6/h2-3H,1H3. The number of hydrogen-bond donors (Lipinski definition) is 0. The van der Waals surface area contributed by atoms with E-state index < -0.39 is 11.8 Å². The second kappa shape index (κ2) is 3.79. The first kappa shape index (κ1) is 9.37. The predicted octanol–water partition coefficient (Wildman–Crippen LogP) is 1.61. The van der Waals surface area contributed by atoms with Crippen LogP contribution >= 0.6 is 22.6 Å². The smallest absolute Gasteiger partial charge is 0.359 e. The van der Waals surface area contributed by atoms with Crippen LogP contribution < -0.4 is 0 Å². The average Bonchev–Trinajstić information content (AvgIpc) is 2.08. The van der Waals surface area contributed by atoms with E-state index in [0.29, 0.717) is 3.57 Å². The Morgan fingerprint density at radius 1 is 1.75 bits per heavy atom. The van der Waals surface area contributed by atoms with Crippen molar-refractivity contribution in [1.82, 2.24) is 4.98 Å². The molecule has 0 radical (unpaired) electrons. The fourth-order valence-electron chi connectivity index (χ4n) is 0.659. The maximum absolute atomic E-state index is 13.1. The van der Waals surface area contributed by atoms with Crippen molar-refractivity contribution in [2.45, 2.75) is 0 Å². The molecule has 64 valence electrons. The van der Waals surface area contributed by atoms with Gasteiger partial charge >= 0.3 is 5.97 Å². The number of esters is 1. The van der Waals surface area contributed by atoms with Crippen LogP contribution in [0.1, 0.15) is 10.5 Å². The number of ether oxygens (including phenoxy) is 1. The number of carbonyl (C=O) groups is 1. The van der Waals surface area contributed by atoms with Gasteiger partial charge < -0.3 is 4.74 Å². The van der Waals surface area contributed by atoms with E-state index in [2.05, 4.69) is 9.72 Å². The molecule has 0 aliphatic carbocycles. The van der Waals surface area contributed by atoms with E-state index in [1.807, 2.05) is 0 Å². The molecular weight excluding hydrogens is 276 g/mol. The number of methoxy groups -OCH3 is 1. The van der Waals surface area contributed by atoms with Gasteiger partial charge in [-0.2, -0.15) is 0 Å². The molecule has 1 rings (SSSR count). The Kier molecular flexibility index (Phi) is 2.96. The van der Waals surface area contributed by atoms with Crippen LogP contribution in [0.3, 0.4) is 0 Å². The minimum absolute atomic E-state index is 0.274. The lowest BCUT2D eigenvalue weighted by atomic mass is 10.3. The quantitative estimate of drug-likeness (QED) is 0.580. The lowest BCUT2D eigenvalue weighted by molar-refractivity contribution is 0.0588. The molecule has 3 nitrogen and oxygen atoms in total. The first-order valence-electron chi connectivity index (χ1n) is 3.05. The number of carbonyl (C=O) groups excluding carboxylic acids is 1. The number of halogens is 2. The molecule has 0 spiro atoms. The van der Waals surface area contributed by atoms with Gasteiger partial charge in [-0.1, -0.05) is 0 Å². The topological polar surface area (TPSA) is 39.2 Å². The van der Waals surface area contributed by atoms with E-state index in [1.165, 1.54) is 19.4 Å². The normalized spacial score (nSPS) is 9.58. The summed E-state index contributed by atoms with van der Waals surface area (Å²) < 4.78 is 17.7. The summed E-state index contributed by atoms with van der Waals surface area (Å²) in [6.45, 7) is 0. The minimum Gasteiger partial charge on any atom is -0.464 e. The molecule has 12 heavy (non-hydrogen) atoms. The molecule has 1 aromatic heterocycles. The van der Waals surface area contributed by atoms with Crippen molar-refractivity contribution < 1.29 is 13.9 Å². The molecule has 0 aliphatic heterocycles. The molecule has 0 atom stereocenters. The van der Waals surface area contributed by atoms with E-state index in [4.69, 9.17) is 0 Å². The third kappa shape index (κ3) is 1.71. The predicted molar refractivity (Wildman–Crippen MR) is 48.3 cm³/mol. The number of pyridine rings is 1. The molecule has 0 saturated heterocycles. The van der Waals surface area contributed by atoms with Crippen molar-refractivity contribution in [3.8, 4) is 0 Å². The van der Waals surface area contributed by atoms with Crippen LogP contribution in [0.25, 0.3) is 0 Å². The minimum atomic E-state index is -0.758. The zero-order chi connectivity index (χ0) is 9.14. The Morgan fingerprint density at radius 2 is 2.42 bits per heavy atom. The van der Waals surface area contributed by atoms with Crippen LogP contribution in [0, 0.1) is 9.39 Å². The molecule has 1 aromatic rings. The third-order valence-electron chi connectivity index (χ3n) is 1.22. The van der Waals surface area contributed by atoms with Gasteiger partial charge in [0.05, 0.1) is 10.7 Å². The van der Waals surface area contributed by atoms with Crippen LogP contribution in [0.2, 0.25) is 0 Å². The van der Waals surface area contributed by atoms with E-state index in [0.717, 1.165) is 0 Å². The van der Waals surface area contributed by atoms with Gasteiger partial charge in [0.2, 0.25) is 0 Å². The van der Waals surface area contributed by atoms with Crippen LogP contribution in [-0.4, -0.2) is 18.1 Å². The summed E-state index contributed by atoms with van der Waals surface area (Å²) in [6.07, 6.45) is 1.36. The van der Waals surface area contributed by atoms with E-state index in [1.54, 1.807) is 22.6 Å². The zero-order valence-corrected chi connectivity index (χ0v) is 8.33. The Morgan fingerprint density at radius 3 is 3.00 bits per heavy atom. The van der Waals surface area contributed by atoms with Crippen LogP contribution in [0.4, 0.5) is 4.39 Å². The number of hydrogen-bond acceptors (Lipinski definition) is 3. The molecule has 1 heterocycles. The first-order valence-corrected chi connectivity index (χ1v) is 4.13. The Hall–Kier alpha value is -0.720. The van der Waals surface area contributed by atoms with Crippen molar-refractivity contribution in [3.05, 3.63) is 27.3 Å². The van der Waals surface area contributed by atoms with Gasteiger partial charge in [0.25, 0.3) is 0 Å². The SMILES string of the molecule is COC(=O)c1nccc(I)c1F. The van der Waals surface area contributed by atoms with E-state index in [-0.39, 0.29) is 5.69 Å².